The van der Waals surface area contributed by atoms with E-state index in [4.69, 9.17) is 0 Å². The number of benzene rings is 1. The highest BCUT2D eigenvalue weighted by Crippen LogP contribution is 2.14. The van der Waals surface area contributed by atoms with Crippen molar-refractivity contribution < 1.29 is 18.0 Å². The van der Waals surface area contributed by atoms with Crippen molar-refractivity contribution in [3.63, 3.8) is 0 Å². The van der Waals surface area contributed by atoms with E-state index in [-0.39, 0.29) is 22.8 Å². The molecule has 1 aromatic carbocycles. The van der Waals surface area contributed by atoms with Gasteiger partial charge in [0.2, 0.25) is 21.8 Å². The third kappa shape index (κ3) is 5.27. The van der Waals surface area contributed by atoms with Crippen LogP contribution in [0.2, 0.25) is 0 Å². The lowest BCUT2D eigenvalue weighted by molar-refractivity contribution is -0.141. The maximum Gasteiger partial charge on any atom is 0.241 e. The van der Waals surface area contributed by atoms with Gasteiger partial charge >= 0.3 is 0 Å². The molecule has 1 N–H and O–H groups in total. The highest BCUT2D eigenvalue weighted by Gasteiger charge is 2.32. The van der Waals surface area contributed by atoms with Crippen LogP contribution in [0.5, 0.6) is 0 Å². The first-order chi connectivity index (χ1) is 12.7. The molecule has 9 heteroatoms. The first-order valence-electron chi connectivity index (χ1n) is 8.87. The first-order valence-corrected chi connectivity index (χ1v) is 10.4. The Morgan fingerprint density at radius 3 is 2.37 bits per heavy atom. The number of hydrogen-bond donors (Lipinski definition) is 1. The Hall–Kier alpha value is -1.97. The number of piperazine rings is 1. The average molecular weight is 397 g/mol. The third-order valence-electron chi connectivity index (χ3n) is 4.86. The Labute approximate surface area is 161 Å². The fraction of sp³-hybridized carbons (Fsp3) is 0.556. The minimum absolute atomic E-state index is 0.00340. The highest BCUT2D eigenvalue weighted by molar-refractivity contribution is 7.89. The Kier molecular flexibility index (Phi) is 6.96. The van der Waals surface area contributed by atoms with Crippen LogP contribution >= 0.6 is 0 Å². The topological polar surface area (TPSA) is 90.0 Å². The van der Waals surface area contributed by atoms with Crippen molar-refractivity contribution >= 4 is 21.8 Å². The Morgan fingerprint density at radius 1 is 1.19 bits per heavy atom. The van der Waals surface area contributed by atoms with E-state index in [1.807, 2.05) is 11.9 Å². The summed E-state index contributed by atoms with van der Waals surface area (Å²) in [6.07, 6.45) is 0.849. The van der Waals surface area contributed by atoms with Crippen LogP contribution in [0, 0.1) is 0 Å². The molecule has 1 aliphatic heterocycles. The molecule has 1 saturated heterocycles. The van der Waals surface area contributed by atoms with Crippen molar-refractivity contribution in [1.29, 1.82) is 0 Å². The standard InChI is InChI=1S/C18H28N4O4S/c1-19-27(25,26)15-8-5-14(6-9-15)7-10-17(23)22-12-11-21(4)16(13-22)18(24)20(2)3/h5-6,8-9,16,19H,7,10-13H2,1-4H3/t16-/m1/s1. The predicted octanol–water partition coefficient (Wildman–Crippen LogP) is -0.242. The van der Waals surface area contributed by atoms with Crippen LogP contribution < -0.4 is 4.72 Å². The van der Waals surface area contributed by atoms with Crippen LogP contribution in [0.25, 0.3) is 0 Å². The molecule has 27 heavy (non-hydrogen) atoms. The number of rotatable bonds is 6. The van der Waals surface area contributed by atoms with E-state index >= 15 is 0 Å². The van der Waals surface area contributed by atoms with E-state index < -0.39 is 10.0 Å². The van der Waals surface area contributed by atoms with E-state index in [1.54, 1.807) is 36.0 Å². The van der Waals surface area contributed by atoms with Gasteiger partial charge in [0.1, 0.15) is 6.04 Å². The Balaban J connectivity index is 1.94. The molecule has 8 nitrogen and oxygen atoms in total. The largest absolute Gasteiger partial charge is 0.347 e. The van der Waals surface area contributed by atoms with E-state index in [0.717, 1.165) is 5.56 Å². The molecule has 0 aliphatic carbocycles. The van der Waals surface area contributed by atoms with Gasteiger partial charge < -0.3 is 9.80 Å². The lowest BCUT2D eigenvalue weighted by atomic mass is 10.1. The number of hydrogen-bond acceptors (Lipinski definition) is 5. The summed E-state index contributed by atoms with van der Waals surface area (Å²) < 4.78 is 25.7. The second-order valence-electron chi connectivity index (χ2n) is 6.92. The normalized spacial score (nSPS) is 18.4. The number of carbonyl (C=O) groups is 2. The molecule has 1 aliphatic rings. The monoisotopic (exact) mass is 396 g/mol. The summed E-state index contributed by atoms with van der Waals surface area (Å²) in [6.45, 7) is 1.66. The van der Waals surface area contributed by atoms with Gasteiger partial charge in [-0.1, -0.05) is 12.1 Å². The summed E-state index contributed by atoms with van der Waals surface area (Å²) in [5, 5.41) is 0. The Morgan fingerprint density at radius 2 is 1.81 bits per heavy atom. The number of likely N-dealkylation sites (N-methyl/N-ethyl adjacent to an activating group) is 2. The molecule has 0 unspecified atom stereocenters. The summed E-state index contributed by atoms with van der Waals surface area (Å²) in [5.74, 6) is 0.00270. The van der Waals surface area contributed by atoms with Crippen LogP contribution in [-0.4, -0.2) is 88.8 Å². The van der Waals surface area contributed by atoms with Gasteiger partial charge in [-0.25, -0.2) is 13.1 Å². The molecule has 1 fully saturated rings. The summed E-state index contributed by atoms with van der Waals surface area (Å²) in [5.41, 5.74) is 0.897. The fourth-order valence-electron chi connectivity index (χ4n) is 3.03. The predicted molar refractivity (Wildman–Crippen MR) is 103 cm³/mol. The maximum atomic E-state index is 12.6. The minimum Gasteiger partial charge on any atom is -0.347 e. The summed E-state index contributed by atoms with van der Waals surface area (Å²) >= 11 is 0. The fourth-order valence-corrected chi connectivity index (χ4v) is 3.76. The Bertz CT molecular complexity index is 777. The maximum absolute atomic E-state index is 12.6. The first kappa shape index (κ1) is 21.3. The van der Waals surface area contributed by atoms with Crippen LogP contribution in [0.3, 0.4) is 0 Å². The van der Waals surface area contributed by atoms with Gasteiger partial charge in [-0.15, -0.1) is 0 Å². The molecular weight excluding hydrogens is 368 g/mol. The minimum atomic E-state index is -3.46. The number of amides is 2. The average Bonchev–Trinajstić information content (AvgIpc) is 2.66. The molecule has 1 aromatic rings. The lowest BCUT2D eigenvalue weighted by Gasteiger charge is -2.39. The van der Waals surface area contributed by atoms with Crippen LogP contribution in [0.1, 0.15) is 12.0 Å². The molecule has 0 radical (unpaired) electrons. The quantitative estimate of drug-likeness (QED) is 0.717. The van der Waals surface area contributed by atoms with Crippen LogP contribution in [0.15, 0.2) is 29.2 Å². The molecule has 1 atom stereocenters. The zero-order valence-electron chi connectivity index (χ0n) is 16.3. The van der Waals surface area contributed by atoms with E-state index in [1.165, 1.54) is 19.2 Å². The molecule has 1 heterocycles. The molecule has 2 rings (SSSR count). The third-order valence-corrected chi connectivity index (χ3v) is 6.29. The van der Waals surface area contributed by atoms with Crippen LogP contribution in [0.4, 0.5) is 0 Å². The van der Waals surface area contributed by atoms with Gasteiger partial charge in [0, 0.05) is 40.2 Å². The number of nitrogens with zero attached hydrogens (tertiary/aromatic N) is 3. The van der Waals surface area contributed by atoms with Gasteiger partial charge in [-0.05, 0) is 38.2 Å². The van der Waals surface area contributed by atoms with Crippen molar-refractivity contribution in [1.82, 2.24) is 19.4 Å². The van der Waals surface area contributed by atoms with E-state index in [0.29, 0.717) is 32.5 Å². The number of nitrogens with one attached hydrogen (secondary N) is 1. The van der Waals surface area contributed by atoms with Crippen LogP contribution in [-0.2, 0) is 26.0 Å². The molecule has 2 amide bonds. The SMILES string of the molecule is CNS(=O)(=O)c1ccc(CCC(=O)N2CCN(C)[C@@H](C(=O)N(C)C)C2)cc1. The molecular formula is C18H28N4O4S. The lowest BCUT2D eigenvalue weighted by Crippen LogP contribution is -2.58. The summed E-state index contributed by atoms with van der Waals surface area (Å²) in [4.78, 5) is 30.3. The van der Waals surface area contributed by atoms with Gasteiger partial charge in [0.05, 0.1) is 4.90 Å². The molecule has 0 bridgehead atoms. The van der Waals surface area contributed by atoms with Crippen molar-refractivity contribution in [3.05, 3.63) is 29.8 Å². The van der Waals surface area contributed by atoms with Crippen molar-refractivity contribution in [2.75, 3.05) is 47.8 Å². The van der Waals surface area contributed by atoms with Gasteiger partial charge in [0.15, 0.2) is 0 Å². The van der Waals surface area contributed by atoms with E-state index in [2.05, 4.69) is 4.72 Å². The zero-order chi connectivity index (χ0) is 20.2. The van der Waals surface area contributed by atoms with Gasteiger partial charge in [0.25, 0.3) is 0 Å². The highest BCUT2D eigenvalue weighted by atomic mass is 32.2. The van der Waals surface area contributed by atoms with Crippen molar-refractivity contribution in [2.24, 2.45) is 0 Å². The van der Waals surface area contributed by atoms with Crippen molar-refractivity contribution in [3.8, 4) is 0 Å². The molecule has 150 valence electrons. The molecule has 0 saturated carbocycles. The number of aryl methyl sites for hydroxylation is 1. The summed E-state index contributed by atoms with van der Waals surface area (Å²) in [7, 11) is 3.24. The second kappa shape index (κ2) is 8.81. The van der Waals surface area contributed by atoms with Crippen molar-refractivity contribution in [2.45, 2.75) is 23.8 Å². The molecule has 0 aromatic heterocycles. The second-order valence-corrected chi connectivity index (χ2v) is 8.81. The zero-order valence-corrected chi connectivity index (χ0v) is 17.1. The van der Waals surface area contributed by atoms with Gasteiger partial charge in [-0.3, -0.25) is 14.5 Å². The number of carbonyl (C=O) groups excluding carboxylic acids is 2. The van der Waals surface area contributed by atoms with Gasteiger partial charge in [-0.2, -0.15) is 0 Å². The van der Waals surface area contributed by atoms with E-state index in [9.17, 15) is 18.0 Å². The molecule has 0 spiro atoms. The smallest absolute Gasteiger partial charge is 0.241 e. The number of sulfonamides is 1. The summed E-state index contributed by atoms with van der Waals surface area (Å²) in [6, 6.07) is 6.20.